The average Bonchev–Trinajstić information content (AvgIpc) is 2.86. The van der Waals surface area contributed by atoms with Crippen molar-refractivity contribution in [3.05, 3.63) is 49.6 Å². The molecule has 198 valence electrons. The number of methoxy groups -OCH3 is 1. The molecule has 1 aromatic rings. The maximum Gasteiger partial charge on any atom is 0.328 e. The van der Waals surface area contributed by atoms with Crippen molar-refractivity contribution in [1.29, 1.82) is 0 Å². The molecule has 36 heavy (non-hydrogen) atoms. The van der Waals surface area contributed by atoms with E-state index in [1.54, 1.807) is 30.3 Å². The molecule has 10 heteroatoms. The summed E-state index contributed by atoms with van der Waals surface area (Å²) in [5.41, 5.74) is 6.17. The summed E-state index contributed by atoms with van der Waals surface area (Å²) in [4.78, 5) is 51.2. The van der Waals surface area contributed by atoms with E-state index in [0.717, 1.165) is 0 Å². The van der Waals surface area contributed by atoms with E-state index in [0.29, 0.717) is 43.9 Å². The number of nitrogens with zero attached hydrogens (tertiary/aromatic N) is 1. The molecule has 0 aliphatic rings. The Kier molecular flexibility index (Phi) is 14.2. The van der Waals surface area contributed by atoms with Gasteiger partial charge in [-0.1, -0.05) is 18.7 Å². The number of hydrogen-bond donors (Lipinski definition) is 3. The van der Waals surface area contributed by atoms with Crippen molar-refractivity contribution >= 4 is 29.4 Å². The highest BCUT2D eigenvalue weighted by Gasteiger charge is 2.26. The van der Waals surface area contributed by atoms with Crippen LogP contribution in [-0.4, -0.2) is 62.6 Å². The molecule has 10 nitrogen and oxygen atoms in total. The summed E-state index contributed by atoms with van der Waals surface area (Å²) in [6.07, 6.45) is 4.93. The van der Waals surface area contributed by atoms with Gasteiger partial charge < -0.3 is 30.7 Å². The topological polar surface area (TPSA) is 140 Å². The first-order chi connectivity index (χ1) is 17.3. The van der Waals surface area contributed by atoms with Gasteiger partial charge in [-0.2, -0.15) is 0 Å². The molecule has 0 spiro atoms. The van der Waals surface area contributed by atoms with Gasteiger partial charge >= 0.3 is 5.97 Å². The van der Waals surface area contributed by atoms with E-state index in [4.69, 9.17) is 15.2 Å². The molecule has 4 N–H and O–H groups in total. The highest BCUT2D eigenvalue weighted by atomic mass is 16.5. The van der Waals surface area contributed by atoms with Crippen LogP contribution in [0.2, 0.25) is 0 Å². The normalized spacial score (nSPS) is 12.0. The Morgan fingerprint density at radius 1 is 1.06 bits per heavy atom. The van der Waals surface area contributed by atoms with Crippen LogP contribution >= 0.6 is 0 Å². The Labute approximate surface area is 212 Å². The van der Waals surface area contributed by atoms with Crippen LogP contribution in [0.1, 0.15) is 39.0 Å². The van der Waals surface area contributed by atoms with Crippen molar-refractivity contribution < 1.29 is 28.7 Å². The van der Waals surface area contributed by atoms with Crippen LogP contribution < -0.4 is 26.0 Å². The Bertz CT molecular complexity index is 887. The molecule has 0 unspecified atom stereocenters. The van der Waals surface area contributed by atoms with Gasteiger partial charge in [0.2, 0.25) is 17.7 Å². The number of rotatable bonds is 17. The van der Waals surface area contributed by atoms with E-state index >= 15 is 0 Å². The standard InChI is InChI=1S/C26H38N4O6/c1-5-9-23(26(34)35-4)29-25(33)22(10-7-8-16-27)28-24(32)15-17-30(19(3)31)20-11-13-21(14-12-20)36-18-6-2/h5-6,11-14,22-23H,1-2,7-10,15-18,27H2,3-4H3,(H,28,32)(H,29,33)/t22-,23-/m0/s1. The fourth-order valence-electron chi connectivity index (χ4n) is 3.38. The van der Waals surface area contributed by atoms with Crippen LogP contribution in [0.4, 0.5) is 5.69 Å². The SMILES string of the molecule is C=CCOc1ccc(N(CCC(=O)N[C@@H](CCCCN)C(=O)N[C@@H](CC=C)C(=O)OC)C(C)=O)cc1. The lowest BCUT2D eigenvalue weighted by atomic mass is 10.1. The predicted molar refractivity (Wildman–Crippen MR) is 138 cm³/mol. The molecule has 1 aromatic carbocycles. The fraction of sp³-hybridized carbons (Fsp3) is 0.462. The Morgan fingerprint density at radius 3 is 2.31 bits per heavy atom. The highest BCUT2D eigenvalue weighted by molar-refractivity contribution is 5.93. The number of esters is 1. The molecule has 0 heterocycles. The first-order valence-electron chi connectivity index (χ1n) is 11.9. The second-order valence-electron chi connectivity index (χ2n) is 8.03. The number of amides is 3. The third kappa shape index (κ3) is 10.7. The summed E-state index contributed by atoms with van der Waals surface area (Å²) in [5, 5.41) is 5.34. The zero-order valence-electron chi connectivity index (χ0n) is 21.2. The van der Waals surface area contributed by atoms with Crippen molar-refractivity contribution in [1.82, 2.24) is 10.6 Å². The van der Waals surface area contributed by atoms with Gasteiger partial charge in [-0.15, -0.1) is 6.58 Å². The molecule has 0 saturated carbocycles. The summed E-state index contributed by atoms with van der Waals surface area (Å²) in [6, 6.07) is 5.15. The van der Waals surface area contributed by atoms with Crippen molar-refractivity contribution in [3.8, 4) is 5.75 Å². The molecule has 0 bridgehead atoms. The predicted octanol–water partition coefficient (Wildman–Crippen LogP) is 1.84. The van der Waals surface area contributed by atoms with Crippen molar-refractivity contribution in [2.24, 2.45) is 5.73 Å². The van der Waals surface area contributed by atoms with Crippen LogP contribution in [0.15, 0.2) is 49.6 Å². The van der Waals surface area contributed by atoms with Gasteiger partial charge in [0, 0.05) is 25.6 Å². The Morgan fingerprint density at radius 2 is 1.75 bits per heavy atom. The molecule has 0 radical (unpaired) electrons. The van der Waals surface area contributed by atoms with Crippen molar-refractivity contribution in [2.75, 3.05) is 31.7 Å². The molecule has 0 aliphatic carbocycles. The lowest BCUT2D eigenvalue weighted by Crippen LogP contribution is -2.52. The number of nitrogens with one attached hydrogen (secondary N) is 2. The zero-order chi connectivity index (χ0) is 26.9. The largest absolute Gasteiger partial charge is 0.490 e. The van der Waals surface area contributed by atoms with Gasteiger partial charge in [0.25, 0.3) is 0 Å². The first kappa shape index (κ1) is 30.4. The number of anilines is 1. The quantitative estimate of drug-likeness (QED) is 0.168. The molecule has 3 amide bonds. The van der Waals surface area contributed by atoms with Gasteiger partial charge in [-0.3, -0.25) is 14.4 Å². The second kappa shape index (κ2) is 16.9. The van der Waals surface area contributed by atoms with Gasteiger partial charge in [-0.05, 0) is 56.5 Å². The van der Waals surface area contributed by atoms with Crippen LogP contribution in [0.5, 0.6) is 5.75 Å². The minimum atomic E-state index is -0.902. The smallest absolute Gasteiger partial charge is 0.328 e. The van der Waals surface area contributed by atoms with Gasteiger partial charge in [-0.25, -0.2) is 4.79 Å². The third-order valence-electron chi connectivity index (χ3n) is 5.26. The monoisotopic (exact) mass is 502 g/mol. The highest BCUT2D eigenvalue weighted by Crippen LogP contribution is 2.20. The van der Waals surface area contributed by atoms with E-state index in [1.165, 1.54) is 25.0 Å². The van der Waals surface area contributed by atoms with Crippen molar-refractivity contribution in [3.63, 3.8) is 0 Å². The number of hydrogen-bond acceptors (Lipinski definition) is 7. The summed E-state index contributed by atoms with van der Waals surface area (Å²) in [7, 11) is 1.23. The number of nitrogens with two attached hydrogens (primary N) is 1. The van der Waals surface area contributed by atoms with E-state index in [-0.39, 0.29) is 25.3 Å². The molecule has 0 aliphatic heterocycles. The van der Waals surface area contributed by atoms with Crippen LogP contribution in [0.3, 0.4) is 0 Å². The minimum Gasteiger partial charge on any atom is -0.490 e. The average molecular weight is 503 g/mol. The number of unbranched alkanes of at least 4 members (excludes halogenated alkanes) is 1. The number of ether oxygens (including phenoxy) is 2. The Hall–Kier alpha value is -3.66. The lowest BCUT2D eigenvalue weighted by Gasteiger charge is -2.24. The molecular formula is C26H38N4O6. The minimum absolute atomic E-state index is 0.0257. The van der Waals surface area contributed by atoms with Crippen molar-refractivity contribution in [2.45, 2.75) is 51.1 Å². The van der Waals surface area contributed by atoms with Crippen LogP contribution in [-0.2, 0) is 23.9 Å². The Balaban J connectivity index is 2.83. The number of carbonyl (C=O) groups excluding carboxylic acids is 4. The fourth-order valence-corrected chi connectivity index (χ4v) is 3.38. The molecule has 2 atom stereocenters. The summed E-state index contributed by atoms with van der Waals surface area (Å²) in [6.45, 7) is 9.54. The molecule has 0 saturated heterocycles. The first-order valence-corrected chi connectivity index (χ1v) is 11.9. The zero-order valence-corrected chi connectivity index (χ0v) is 21.2. The second-order valence-corrected chi connectivity index (χ2v) is 8.03. The molecule has 1 rings (SSSR count). The van der Waals surface area contributed by atoms with Gasteiger partial charge in [0.05, 0.1) is 7.11 Å². The molecular weight excluding hydrogens is 464 g/mol. The molecule has 0 aromatic heterocycles. The third-order valence-corrected chi connectivity index (χ3v) is 5.26. The van der Waals surface area contributed by atoms with E-state index in [1.807, 2.05) is 0 Å². The van der Waals surface area contributed by atoms with Gasteiger partial charge in [0.1, 0.15) is 24.4 Å². The lowest BCUT2D eigenvalue weighted by molar-refractivity contribution is -0.145. The summed E-state index contributed by atoms with van der Waals surface area (Å²) < 4.78 is 10.2. The number of benzene rings is 1. The van der Waals surface area contributed by atoms with Crippen LogP contribution in [0.25, 0.3) is 0 Å². The summed E-state index contributed by atoms with van der Waals surface area (Å²) in [5.74, 6) is -1.11. The van der Waals surface area contributed by atoms with E-state index < -0.39 is 29.9 Å². The maximum absolute atomic E-state index is 12.9. The van der Waals surface area contributed by atoms with E-state index in [2.05, 4.69) is 23.8 Å². The maximum atomic E-state index is 12.9. The van der Waals surface area contributed by atoms with Crippen LogP contribution in [0, 0.1) is 0 Å². The summed E-state index contributed by atoms with van der Waals surface area (Å²) >= 11 is 0. The van der Waals surface area contributed by atoms with Gasteiger partial charge in [0.15, 0.2) is 0 Å². The molecule has 0 fully saturated rings. The van der Waals surface area contributed by atoms with E-state index in [9.17, 15) is 19.2 Å². The number of carbonyl (C=O) groups is 4.